The van der Waals surface area contributed by atoms with E-state index in [0.29, 0.717) is 11.2 Å². The first-order valence-corrected chi connectivity index (χ1v) is 17.6. The highest BCUT2D eigenvalue weighted by molar-refractivity contribution is 6.10. The van der Waals surface area contributed by atoms with Gasteiger partial charge < -0.3 is 4.57 Å². The van der Waals surface area contributed by atoms with Gasteiger partial charge in [-0.1, -0.05) is 109 Å². The average molecular weight is 681 g/mol. The summed E-state index contributed by atoms with van der Waals surface area (Å²) in [5, 5.41) is 3.85. The summed E-state index contributed by atoms with van der Waals surface area (Å²) >= 11 is 0. The van der Waals surface area contributed by atoms with E-state index in [1.807, 2.05) is 89.3 Å². The van der Waals surface area contributed by atoms with Crippen molar-refractivity contribution in [2.45, 2.75) is 0 Å². The Hall–Kier alpha value is -7.38. The maximum Gasteiger partial charge on any atom is 0.269 e. The molecule has 0 fully saturated rings. The molecule has 53 heavy (non-hydrogen) atoms. The number of benzene rings is 7. The lowest BCUT2D eigenvalue weighted by Crippen LogP contribution is -2.23. The molecule has 4 aromatic heterocycles. The Labute approximate surface area is 302 Å². The van der Waals surface area contributed by atoms with E-state index in [2.05, 4.69) is 89.5 Å². The first-order valence-electron chi connectivity index (χ1n) is 17.6. The van der Waals surface area contributed by atoms with Crippen molar-refractivity contribution in [3.8, 4) is 34.0 Å². The second-order valence-electron chi connectivity index (χ2n) is 13.3. The summed E-state index contributed by atoms with van der Waals surface area (Å²) < 4.78 is 5.93. The van der Waals surface area contributed by atoms with Gasteiger partial charge in [0.2, 0.25) is 11.7 Å². The van der Waals surface area contributed by atoms with Gasteiger partial charge in [0, 0.05) is 27.4 Å². The van der Waals surface area contributed by atoms with Crippen LogP contribution >= 0.6 is 0 Å². The van der Waals surface area contributed by atoms with Gasteiger partial charge in [-0.2, -0.15) is 0 Å². The maximum absolute atomic E-state index is 14.5. The summed E-state index contributed by atoms with van der Waals surface area (Å²) in [5.41, 5.74) is 10.2. The monoisotopic (exact) mass is 680 g/mol. The van der Waals surface area contributed by atoms with Crippen LogP contribution in [0.15, 0.2) is 175 Å². The highest BCUT2D eigenvalue weighted by atomic mass is 16.1. The van der Waals surface area contributed by atoms with Crippen LogP contribution in [0.2, 0.25) is 0 Å². The first kappa shape index (κ1) is 29.4. The third-order valence-corrected chi connectivity index (χ3v) is 10.3. The standard InChI is InChI=1S/C46H28N6O/c53-44-35-19-9-12-22-40(35)51-42-26-24-31(30-23-25-41-36(27-30)33-17-8-11-21-39(33)50(41)32-15-5-2-6-16-32)28-38(42)48-46(51)52(44)45-47-37-20-10-7-18-34(37)43(49-45)29-13-3-1-4-14-29/h1-28H. The zero-order valence-corrected chi connectivity index (χ0v) is 28.3. The normalized spacial score (nSPS) is 11.8. The fraction of sp³-hybridized carbons (Fsp3) is 0. The Morgan fingerprint density at radius 3 is 1.83 bits per heavy atom. The number of rotatable bonds is 4. The number of aromatic nitrogens is 6. The summed E-state index contributed by atoms with van der Waals surface area (Å²) in [4.78, 5) is 29.7. The molecule has 0 radical (unpaired) electrons. The molecule has 4 heterocycles. The van der Waals surface area contributed by atoms with E-state index in [0.717, 1.165) is 66.6 Å². The quantitative estimate of drug-likeness (QED) is 0.186. The zero-order chi connectivity index (χ0) is 35.0. The summed E-state index contributed by atoms with van der Waals surface area (Å²) in [6, 6.07) is 57.6. The van der Waals surface area contributed by atoms with Crippen molar-refractivity contribution >= 4 is 60.4 Å². The van der Waals surface area contributed by atoms with Gasteiger partial charge in [0.05, 0.1) is 44.2 Å². The molecule has 11 rings (SSSR count). The van der Waals surface area contributed by atoms with Crippen molar-refractivity contribution < 1.29 is 0 Å². The van der Waals surface area contributed by atoms with Crippen LogP contribution in [0.4, 0.5) is 0 Å². The lowest BCUT2D eigenvalue weighted by Gasteiger charge is -2.13. The third-order valence-electron chi connectivity index (χ3n) is 10.3. The van der Waals surface area contributed by atoms with Gasteiger partial charge in [-0.3, -0.25) is 9.20 Å². The number of imidazole rings is 1. The van der Waals surface area contributed by atoms with Gasteiger partial charge in [0.15, 0.2) is 0 Å². The van der Waals surface area contributed by atoms with Crippen molar-refractivity contribution in [1.29, 1.82) is 0 Å². The molecule has 7 nitrogen and oxygen atoms in total. The fourth-order valence-corrected chi connectivity index (χ4v) is 7.86. The minimum Gasteiger partial charge on any atom is -0.309 e. The minimum atomic E-state index is -0.224. The van der Waals surface area contributed by atoms with E-state index in [1.54, 1.807) is 4.57 Å². The molecule has 0 saturated heterocycles. The Morgan fingerprint density at radius 1 is 0.396 bits per heavy atom. The summed E-state index contributed by atoms with van der Waals surface area (Å²) in [6.07, 6.45) is 0. The molecule has 0 spiro atoms. The van der Waals surface area contributed by atoms with Gasteiger partial charge >= 0.3 is 0 Å². The molecule has 0 aliphatic carbocycles. The van der Waals surface area contributed by atoms with Crippen molar-refractivity contribution in [2.24, 2.45) is 0 Å². The number of hydrogen-bond donors (Lipinski definition) is 0. The van der Waals surface area contributed by atoms with Crippen LogP contribution in [0.3, 0.4) is 0 Å². The predicted molar refractivity (Wildman–Crippen MR) is 214 cm³/mol. The molecule has 7 heteroatoms. The highest BCUT2D eigenvalue weighted by Gasteiger charge is 2.21. The van der Waals surface area contributed by atoms with Crippen LogP contribution in [0, 0.1) is 0 Å². The second-order valence-corrected chi connectivity index (χ2v) is 13.3. The molecule has 0 saturated carbocycles. The van der Waals surface area contributed by atoms with Gasteiger partial charge in [-0.25, -0.2) is 19.5 Å². The first-order chi connectivity index (χ1) is 26.2. The predicted octanol–water partition coefficient (Wildman–Crippen LogP) is 10.2. The molecule has 11 aromatic rings. The van der Waals surface area contributed by atoms with Crippen LogP contribution in [-0.4, -0.2) is 28.5 Å². The number of fused-ring (bicyclic) bond motifs is 9. The van der Waals surface area contributed by atoms with E-state index in [4.69, 9.17) is 15.0 Å². The summed E-state index contributed by atoms with van der Waals surface area (Å²) in [7, 11) is 0. The van der Waals surface area contributed by atoms with Gasteiger partial charge in [-0.05, 0) is 71.8 Å². The minimum absolute atomic E-state index is 0.224. The molecule has 0 atom stereocenters. The Kier molecular flexibility index (Phi) is 6.27. The zero-order valence-electron chi connectivity index (χ0n) is 28.3. The van der Waals surface area contributed by atoms with Crippen molar-refractivity contribution in [1.82, 2.24) is 28.5 Å². The van der Waals surface area contributed by atoms with Crippen LogP contribution < -0.4 is 5.56 Å². The second kappa shape index (κ2) is 11.3. The smallest absolute Gasteiger partial charge is 0.269 e. The van der Waals surface area contributed by atoms with E-state index >= 15 is 0 Å². The van der Waals surface area contributed by atoms with Crippen molar-refractivity contribution in [3.05, 3.63) is 180 Å². The fourth-order valence-electron chi connectivity index (χ4n) is 7.86. The van der Waals surface area contributed by atoms with Crippen LogP contribution in [0.5, 0.6) is 0 Å². The van der Waals surface area contributed by atoms with Crippen molar-refractivity contribution in [3.63, 3.8) is 0 Å². The lowest BCUT2D eigenvalue weighted by molar-refractivity contribution is 0.903. The molecule has 0 amide bonds. The molecule has 0 unspecified atom stereocenters. The van der Waals surface area contributed by atoms with Gasteiger partial charge in [0.1, 0.15) is 0 Å². The Morgan fingerprint density at radius 2 is 1.02 bits per heavy atom. The summed E-state index contributed by atoms with van der Waals surface area (Å²) in [5.74, 6) is 0.732. The Balaban J connectivity index is 1.15. The number of para-hydroxylation sites is 4. The molecule has 0 N–H and O–H groups in total. The topological polar surface area (TPSA) is 70.0 Å². The van der Waals surface area contributed by atoms with Gasteiger partial charge in [-0.15, -0.1) is 0 Å². The molecular weight excluding hydrogens is 653 g/mol. The molecule has 7 aromatic carbocycles. The molecule has 0 bridgehead atoms. The largest absolute Gasteiger partial charge is 0.309 e. The number of nitrogens with zero attached hydrogens (tertiary/aromatic N) is 6. The van der Waals surface area contributed by atoms with Crippen LogP contribution in [0.25, 0.3) is 94.4 Å². The molecule has 248 valence electrons. The lowest BCUT2D eigenvalue weighted by atomic mass is 10.0. The average Bonchev–Trinajstić information content (AvgIpc) is 3.76. The molecule has 0 aliphatic rings. The SMILES string of the molecule is O=c1c2ccccc2n2c3ccc(-c4ccc5c(c4)c4ccccc4n5-c4ccccc4)cc3nc2n1-c1nc(-c2ccccc2)c2ccccc2n1. The van der Waals surface area contributed by atoms with E-state index < -0.39 is 0 Å². The van der Waals surface area contributed by atoms with E-state index in [9.17, 15) is 4.79 Å². The van der Waals surface area contributed by atoms with E-state index in [-0.39, 0.29) is 11.5 Å². The summed E-state index contributed by atoms with van der Waals surface area (Å²) in [6.45, 7) is 0. The van der Waals surface area contributed by atoms with Gasteiger partial charge in [0.25, 0.3) is 5.56 Å². The maximum atomic E-state index is 14.5. The van der Waals surface area contributed by atoms with Crippen molar-refractivity contribution in [2.75, 3.05) is 0 Å². The molecule has 0 aliphatic heterocycles. The Bertz CT molecular complexity index is 3310. The van der Waals surface area contributed by atoms with Crippen LogP contribution in [-0.2, 0) is 0 Å². The number of hydrogen-bond acceptors (Lipinski definition) is 4. The third kappa shape index (κ3) is 4.41. The van der Waals surface area contributed by atoms with Crippen LogP contribution in [0.1, 0.15) is 0 Å². The van der Waals surface area contributed by atoms with E-state index in [1.165, 1.54) is 10.8 Å². The molecular formula is C46H28N6O. The highest BCUT2D eigenvalue weighted by Crippen LogP contribution is 2.36.